The molecule has 0 radical (unpaired) electrons. The van der Waals surface area contributed by atoms with Crippen molar-refractivity contribution in [3.8, 4) is 10.5 Å². The quantitative estimate of drug-likeness (QED) is 0.405. The Morgan fingerprint density at radius 2 is 0.571 bits per heavy atom. The zero-order valence-corrected chi connectivity index (χ0v) is 7.23. The molecule has 0 rings (SSSR count). The van der Waals surface area contributed by atoms with Crippen LogP contribution < -0.4 is 0 Å². The second-order valence-electron chi connectivity index (χ2n) is 2.14. The van der Waals surface area contributed by atoms with Gasteiger partial charge in [0.15, 0.2) is 0 Å². The topological polar surface area (TPSA) is 0 Å². The third-order valence-electron chi connectivity index (χ3n) is 0.427. The Morgan fingerprint density at radius 3 is 0.643 bits per heavy atom. The maximum absolute atomic E-state index is 11.1. The Balaban J connectivity index is 5.65. The van der Waals surface area contributed by atoms with Gasteiger partial charge in [-0.3, -0.25) is 0 Å². The van der Waals surface area contributed by atoms with Gasteiger partial charge in [-0.25, -0.2) is 0 Å². The lowest BCUT2D eigenvalue weighted by Gasteiger charge is -2.37. The Morgan fingerprint density at radius 1 is 0.429 bits per heavy atom. The van der Waals surface area contributed by atoms with Crippen LogP contribution in [0.5, 0.6) is 0 Å². The van der Waals surface area contributed by atoms with E-state index in [1.54, 1.807) is 0 Å². The maximum atomic E-state index is 11.1. The van der Waals surface area contributed by atoms with Gasteiger partial charge in [-0.05, 0) is 0 Å². The first-order chi connectivity index (χ1) is 5.16. The molecule has 0 heterocycles. The van der Waals surface area contributed by atoms with Crippen molar-refractivity contribution in [1.29, 1.82) is 0 Å². The summed E-state index contributed by atoms with van der Waals surface area (Å²) in [5.74, 6) is 0. The van der Waals surface area contributed by atoms with E-state index in [0.29, 0.717) is 0 Å². The minimum absolute atomic E-state index is 1.59. The summed E-state index contributed by atoms with van der Waals surface area (Å²) in [7, 11) is -21.6. The molecule has 0 aliphatic carbocycles. The highest BCUT2D eigenvalue weighted by Crippen LogP contribution is 3.01. The van der Waals surface area contributed by atoms with Crippen molar-refractivity contribution in [1.82, 2.24) is 0 Å². The number of halogens is 10. The summed E-state index contributed by atoms with van der Waals surface area (Å²) in [6, 6.07) is 0. The SMILES string of the molecule is FS(F)(F)(F)(F)C#CS(F)(F)(F)(F)F. The van der Waals surface area contributed by atoms with Gasteiger partial charge >= 0.3 is 20.4 Å². The van der Waals surface area contributed by atoms with E-state index in [0.717, 1.165) is 0 Å². The van der Waals surface area contributed by atoms with Crippen LogP contribution in [0, 0.1) is 10.5 Å². The molecule has 0 aromatic carbocycles. The van der Waals surface area contributed by atoms with Crippen molar-refractivity contribution in [3.63, 3.8) is 0 Å². The van der Waals surface area contributed by atoms with Gasteiger partial charge in [0.1, 0.15) is 0 Å². The van der Waals surface area contributed by atoms with Gasteiger partial charge in [-0.15, -0.1) is 0 Å². The molecule has 14 heavy (non-hydrogen) atoms. The van der Waals surface area contributed by atoms with Gasteiger partial charge in [0.25, 0.3) is 0 Å². The van der Waals surface area contributed by atoms with Crippen LogP contribution in [-0.4, -0.2) is 0 Å². The van der Waals surface area contributed by atoms with Crippen LogP contribution in [0.3, 0.4) is 0 Å². The average Bonchev–Trinajstić information content (AvgIpc) is 1.49. The van der Waals surface area contributed by atoms with Crippen molar-refractivity contribution in [3.05, 3.63) is 0 Å². The van der Waals surface area contributed by atoms with Gasteiger partial charge in [0.2, 0.25) is 0 Å². The molecule has 0 bridgehead atoms. The molecule has 12 heteroatoms. The number of rotatable bonds is 0. The van der Waals surface area contributed by atoms with Gasteiger partial charge in [0, 0.05) is 0 Å². The van der Waals surface area contributed by atoms with Crippen LogP contribution in [0.25, 0.3) is 0 Å². The second kappa shape index (κ2) is 1.69. The van der Waals surface area contributed by atoms with E-state index in [1.165, 1.54) is 0 Å². The molecule has 90 valence electrons. The Bertz CT molecular complexity index is 288. The molecule has 0 aromatic heterocycles. The monoisotopic (exact) mass is 278 g/mol. The van der Waals surface area contributed by atoms with Crippen molar-refractivity contribution in [2.24, 2.45) is 0 Å². The summed E-state index contributed by atoms with van der Waals surface area (Å²) < 4.78 is 111. The lowest BCUT2D eigenvalue weighted by molar-refractivity contribution is 0.381. The average molecular weight is 278 g/mol. The summed E-state index contributed by atoms with van der Waals surface area (Å²) in [5, 5.41) is -3.18. The van der Waals surface area contributed by atoms with Crippen LogP contribution in [0.4, 0.5) is 38.9 Å². The summed E-state index contributed by atoms with van der Waals surface area (Å²) in [6.45, 7) is 0. The number of hydrogen-bond acceptors (Lipinski definition) is 0. The summed E-state index contributed by atoms with van der Waals surface area (Å²) in [4.78, 5) is 0. The first kappa shape index (κ1) is 13.6. The van der Waals surface area contributed by atoms with E-state index < -0.39 is 31.0 Å². The zero-order valence-electron chi connectivity index (χ0n) is 5.60. The van der Waals surface area contributed by atoms with E-state index in [9.17, 15) is 38.9 Å². The summed E-state index contributed by atoms with van der Waals surface area (Å²) in [6.07, 6.45) is 0. The molecule has 0 aromatic rings. The van der Waals surface area contributed by atoms with Gasteiger partial charge in [-0.1, -0.05) is 38.9 Å². The second-order valence-corrected chi connectivity index (χ2v) is 6.43. The third-order valence-corrected chi connectivity index (χ3v) is 1.53. The zero-order chi connectivity index (χ0) is 12.2. The fraction of sp³-hybridized carbons (Fsp3) is 0. The molecular formula is C2F10S2. The van der Waals surface area contributed by atoms with Crippen LogP contribution in [0.2, 0.25) is 0 Å². The van der Waals surface area contributed by atoms with Gasteiger partial charge in [-0.2, -0.15) is 0 Å². The molecule has 0 saturated carbocycles. The molecule has 0 amide bonds. The maximum Gasteiger partial charge on any atom is 0.346 e. The molecule has 0 spiro atoms. The van der Waals surface area contributed by atoms with Crippen LogP contribution >= 0.6 is 20.4 Å². The normalized spacial score (nSPS) is 23.3. The summed E-state index contributed by atoms with van der Waals surface area (Å²) >= 11 is 0. The molecule has 0 aliphatic heterocycles. The third kappa shape index (κ3) is 11.6. The highest BCUT2D eigenvalue weighted by Gasteiger charge is 2.67. The highest BCUT2D eigenvalue weighted by molar-refractivity contribution is 8.52. The Labute approximate surface area is 70.7 Å². The predicted octanol–water partition coefficient (Wildman–Crippen LogP) is 5.50. The van der Waals surface area contributed by atoms with Crippen LogP contribution in [0.15, 0.2) is 0 Å². The fourth-order valence-electron chi connectivity index (χ4n) is 0.157. The van der Waals surface area contributed by atoms with E-state index in [1.807, 2.05) is 0 Å². The lowest BCUT2D eigenvalue weighted by atomic mass is 11.4. The molecule has 0 fully saturated rings. The summed E-state index contributed by atoms with van der Waals surface area (Å²) in [5.41, 5.74) is 0. The molecule has 0 N–H and O–H groups in total. The molecule has 0 saturated heterocycles. The molecule has 0 nitrogen and oxygen atoms in total. The molecule has 0 atom stereocenters. The Kier molecular flexibility index (Phi) is 1.63. The Hall–Kier alpha value is -0.440. The molecule has 0 aliphatic rings. The predicted molar refractivity (Wildman–Crippen MR) is 34.0 cm³/mol. The standard InChI is InChI=1S/C2F10S2/c3-13(4,5,6,7)1-2-14(8,9,10,11)12. The smallest absolute Gasteiger partial charge is 0.0873 e. The van der Waals surface area contributed by atoms with E-state index in [-0.39, 0.29) is 0 Å². The van der Waals surface area contributed by atoms with Gasteiger partial charge in [0.05, 0.1) is 10.5 Å². The van der Waals surface area contributed by atoms with E-state index >= 15 is 0 Å². The van der Waals surface area contributed by atoms with Gasteiger partial charge < -0.3 is 0 Å². The first-order valence-electron chi connectivity index (χ1n) is 2.20. The minimum atomic E-state index is -10.8. The highest BCUT2D eigenvalue weighted by atomic mass is 32.5. The van der Waals surface area contributed by atoms with Crippen LogP contribution in [-0.2, 0) is 0 Å². The first-order valence-corrected chi connectivity index (χ1v) is 6.10. The van der Waals surface area contributed by atoms with E-state index in [2.05, 4.69) is 0 Å². The number of hydrogen-bond donors (Lipinski definition) is 0. The van der Waals surface area contributed by atoms with Crippen LogP contribution in [0.1, 0.15) is 0 Å². The van der Waals surface area contributed by atoms with Crippen molar-refractivity contribution in [2.45, 2.75) is 0 Å². The minimum Gasteiger partial charge on any atom is -0.0873 e. The van der Waals surface area contributed by atoms with E-state index in [4.69, 9.17) is 0 Å². The molecular weight excluding hydrogens is 278 g/mol. The van der Waals surface area contributed by atoms with Crippen molar-refractivity contribution < 1.29 is 38.9 Å². The lowest BCUT2D eigenvalue weighted by Crippen LogP contribution is -2.05. The van der Waals surface area contributed by atoms with Crippen molar-refractivity contribution in [2.75, 3.05) is 0 Å². The van der Waals surface area contributed by atoms with Crippen molar-refractivity contribution >= 4 is 20.4 Å². The fourth-order valence-corrected chi connectivity index (χ4v) is 1.42. The largest absolute Gasteiger partial charge is 0.346 e. The molecule has 0 unspecified atom stereocenters.